The number of carbonyl (C=O) groups excluding carboxylic acids is 1. The van der Waals surface area contributed by atoms with Gasteiger partial charge in [0, 0.05) is 5.56 Å². The number of hydrogen-bond acceptors (Lipinski definition) is 3. The monoisotopic (exact) mass is 389 g/mol. The molecular weight excluding hydrogens is 350 g/mol. The van der Waals surface area contributed by atoms with E-state index in [0.717, 1.165) is 12.8 Å². The quantitative estimate of drug-likeness (QED) is 0.177. The van der Waals surface area contributed by atoms with E-state index in [1.165, 1.54) is 70.6 Å². The molecule has 158 valence electrons. The number of urea groups is 1. The number of primary amides is 1. The van der Waals surface area contributed by atoms with Crippen molar-refractivity contribution in [2.75, 3.05) is 0 Å². The number of nitrogens with zero attached hydrogens (tertiary/aromatic N) is 1. The van der Waals surface area contributed by atoms with E-state index in [1.807, 2.05) is 6.07 Å². The molecule has 0 radical (unpaired) electrons. The van der Waals surface area contributed by atoms with E-state index < -0.39 is 6.03 Å². The Kier molecular flexibility index (Phi) is 13.7. The fourth-order valence-electron chi connectivity index (χ4n) is 3.40. The van der Waals surface area contributed by atoms with Gasteiger partial charge in [-0.15, -0.1) is 0 Å². The van der Waals surface area contributed by atoms with Crippen LogP contribution in [-0.2, 0) is 0 Å². The number of rotatable bonds is 16. The number of nitrogens with two attached hydrogens (primary N) is 1. The number of nitrogens with one attached hydrogen (secondary N) is 1. The maximum atomic E-state index is 11.0. The molecule has 0 atom stereocenters. The van der Waals surface area contributed by atoms with E-state index >= 15 is 0 Å². The number of benzene rings is 1. The summed E-state index contributed by atoms with van der Waals surface area (Å²) in [6.45, 7) is 2.26. The third-order valence-electron chi connectivity index (χ3n) is 5.03. The molecule has 5 nitrogen and oxygen atoms in total. The first-order valence-corrected chi connectivity index (χ1v) is 11.1. The first-order chi connectivity index (χ1) is 13.6. The predicted octanol–water partition coefficient (Wildman–Crippen LogP) is 6.25. The lowest BCUT2D eigenvalue weighted by atomic mass is 10.0. The van der Waals surface area contributed by atoms with Gasteiger partial charge in [-0.3, -0.25) is 0 Å². The molecule has 0 aliphatic rings. The Morgan fingerprint density at radius 1 is 0.893 bits per heavy atom. The van der Waals surface area contributed by atoms with E-state index in [-0.39, 0.29) is 5.75 Å². The summed E-state index contributed by atoms with van der Waals surface area (Å²) in [5.74, 6) is 0.169. The third kappa shape index (κ3) is 11.6. The summed E-state index contributed by atoms with van der Waals surface area (Å²) in [5, 5.41) is 14.1. The Labute approximate surface area is 170 Å². The molecule has 0 aliphatic carbocycles. The number of carbonyl (C=O) groups is 1. The first-order valence-electron chi connectivity index (χ1n) is 11.1. The average molecular weight is 390 g/mol. The molecule has 0 saturated carbocycles. The summed E-state index contributed by atoms with van der Waals surface area (Å²) >= 11 is 0. The van der Waals surface area contributed by atoms with Gasteiger partial charge in [-0.25, -0.2) is 10.2 Å². The molecule has 4 N–H and O–H groups in total. The largest absolute Gasteiger partial charge is 0.507 e. The Morgan fingerprint density at radius 3 is 1.89 bits per heavy atom. The molecule has 0 aliphatic heterocycles. The van der Waals surface area contributed by atoms with Crippen LogP contribution in [0.3, 0.4) is 0 Å². The van der Waals surface area contributed by atoms with Crippen molar-refractivity contribution in [1.29, 1.82) is 0 Å². The van der Waals surface area contributed by atoms with Gasteiger partial charge in [0.25, 0.3) is 0 Å². The second kappa shape index (κ2) is 16.0. The third-order valence-corrected chi connectivity index (χ3v) is 5.03. The summed E-state index contributed by atoms with van der Waals surface area (Å²) in [6, 6.07) is 6.35. The van der Waals surface area contributed by atoms with Crippen LogP contribution in [0.25, 0.3) is 0 Å². The van der Waals surface area contributed by atoms with Crippen LogP contribution in [0.4, 0.5) is 4.79 Å². The fourth-order valence-corrected chi connectivity index (χ4v) is 3.40. The van der Waals surface area contributed by atoms with Crippen molar-refractivity contribution in [2.45, 2.75) is 96.8 Å². The summed E-state index contributed by atoms with van der Waals surface area (Å²) < 4.78 is 0. The highest BCUT2D eigenvalue weighted by Crippen LogP contribution is 2.20. The molecule has 0 bridgehead atoms. The summed E-state index contributed by atoms with van der Waals surface area (Å²) in [5.41, 5.74) is 8.71. The number of phenols is 1. The fraction of sp³-hybridized carbons (Fsp3) is 0.652. The van der Waals surface area contributed by atoms with Gasteiger partial charge in [0.15, 0.2) is 0 Å². The van der Waals surface area contributed by atoms with E-state index in [9.17, 15) is 9.90 Å². The van der Waals surface area contributed by atoms with Gasteiger partial charge >= 0.3 is 6.03 Å². The highest BCUT2D eigenvalue weighted by atomic mass is 16.3. The van der Waals surface area contributed by atoms with Crippen LogP contribution in [0.5, 0.6) is 5.75 Å². The maximum absolute atomic E-state index is 11.0. The minimum atomic E-state index is -0.696. The summed E-state index contributed by atoms with van der Waals surface area (Å²) in [4.78, 5) is 11.0. The summed E-state index contributed by atoms with van der Waals surface area (Å²) in [6.07, 6.45) is 17.6. The van der Waals surface area contributed by atoms with Crippen molar-refractivity contribution in [2.24, 2.45) is 10.8 Å². The van der Waals surface area contributed by atoms with Crippen molar-refractivity contribution in [3.63, 3.8) is 0 Å². The highest BCUT2D eigenvalue weighted by molar-refractivity contribution is 6.03. The standard InChI is InChI=1S/C23H39N3O2/c1-2-3-4-5-6-7-8-9-10-11-12-13-14-18-21(25-26-23(24)28)20-17-15-16-19-22(20)27/h15-17,19,27H,2-14,18H2,1H3,(H3,24,26,28)/b25-21+. The molecule has 0 spiro atoms. The van der Waals surface area contributed by atoms with Crippen molar-refractivity contribution >= 4 is 11.7 Å². The number of aromatic hydroxyl groups is 1. The normalized spacial score (nSPS) is 11.5. The zero-order valence-electron chi connectivity index (χ0n) is 17.6. The van der Waals surface area contributed by atoms with Crippen LogP contribution in [0.15, 0.2) is 29.4 Å². The molecule has 0 saturated heterocycles. The molecule has 5 heteroatoms. The predicted molar refractivity (Wildman–Crippen MR) is 118 cm³/mol. The topological polar surface area (TPSA) is 87.7 Å². The molecule has 0 fully saturated rings. The van der Waals surface area contributed by atoms with Crippen LogP contribution in [-0.4, -0.2) is 16.8 Å². The minimum Gasteiger partial charge on any atom is -0.507 e. The van der Waals surface area contributed by atoms with Crippen LogP contribution >= 0.6 is 0 Å². The molecule has 1 aromatic rings. The smallest absolute Gasteiger partial charge is 0.332 e. The van der Waals surface area contributed by atoms with Crippen molar-refractivity contribution < 1.29 is 9.90 Å². The molecule has 28 heavy (non-hydrogen) atoms. The van der Waals surface area contributed by atoms with Crippen LogP contribution in [0.2, 0.25) is 0 Å². The van der Waals surface area contributed by atoms with Gasteiger partial charge in [-0.2, -0.15) is 5.10 Å². The molecule has 0 aromatic heterocycles. The van der Waals surface area contributed by atoms with Gasteiger partial charge in [-0.1, -0.05) is 96.1 Å². The number of hydrazone groups is 1. The Bertz CT molecular complexity index is 573. The highest BCUT2D eigenvalue weighted by Gasteiger charge is 2.09. The Balaban J connectivity index is 2.16. The second-order valence-corrected chi connectivity index (χ2v) is 7.54. The second-order valence-electron chi connectivity index (χ2n) is 7.54. The SMILES string of the molecule is CCCCCCCCCCCCCCC/C(=N\NC(N)=O)c1ccccc1O. The molecule has 1 aromatic carbocycles. The average Bonchev–Trinajstić information content (AvgIpc) is 2.68. The van der Waals surface area contributed by atoms with Gasteiger partial charge < -0.3 is 10.8 Å². The van der Waals surface area contributed by atoms with Crippen LogP contribution in [0.1, 0.15) is 102 Å². The van der Waals surface area contributed by atoms with Gasteiger partial charge in [-0.05, 0) is 25.0 Å². The van der Waals surface area contributed by atoms with E-state index in [1.54, 1.807) is 18.2 Å². The van der Waals surface area contributed by atoms with E-state index in [2.05, 4.69) is 17.5 Å². The zero-order chi connectivity index (χ0) is 20.5. The Morgan fingerprint density at radius 2 is 1.39 bits per heavy atom. The summed E-state index contributed by atoms with van der Waals surface area (Å²) in [7, 11) is 0. The van der Waals surface area contributed by atoms with Crippen LogP contribution in [0, 0.1) is 0 Å². The molecule has 0 unspecified atom stereocenters. The first kappa shape index (κ1) is 24.0. The molecule has 2 amide bonds. The lowest BCUT2D eigenvalue weighted by Gasteiger charge is -2.09. The molecule has 1 rings (SSSR count). The van der Waals surface area contributed by atoms with Gasteiger partial charge in [0.2, 0.25) is 0 Å². The molecular formula is C23H39N3O2. The number of phenolic OH excluding ortho intramolecular Hbond substituents is 1. The number of amides is 2. The lowest BCUT2D eigenvalue weighted by Crippen LogP contribution is -2.26. The van der Waals surface area contributed by atoms with Gasteiger partial charge in [0.1, 0.15) is 5.75 Å². The number of unbranched alkanes of at least 4 members (excludes halogenated alkanes) is 12. The van der Waals surface area contributed by atoms with Crippen molar-refractivity contribution in [3.05, 3.63) is 29.8 Å². The lowest BCUT2D eigenvalue weighted by molar-refractivity contribution is 0.249. The van der Waals surface area contributed by atoms with Crippen LogP contribution < -0.4 is 11.2 Å². The zero-order valence-corrected chi connectivity index (χ0v) is 17.6. The number of hydrogen-bond donors (Lipinski definition) is 3. The number of para-hydroxylation sites is 1. The van der Waals surface area contributed by atoms with Gasteiger partial charge in [0.05, 0.1) is 5.71 Å². The maximum Gasteiger partial charge on any atom is 0.332 e. The van der Waals surface area contributed by atoms with Crippen molar-refractivity contribution in [1.82, 2.24) is 5.43 Å². The Hall–Kier alpha value is -2.04. The minimum absolute atomic E-state index is 0.169. The van der Waals surface area contributed by atoms with Crippen molar-refractivity contribution in [3.8, 4) is 5.75 Å². The molecule has 0 heterocycles. The van der Waals surface area contributed by atoms with E-state index in [0.29, 0.717) is 17.7 Å². The van der Waals surface area contributed by atoms with E-state index in [4.69, 9.17) is 5.73 Å².